The molecule has 0 radical (unpaired) electrons. The fourth-order valence-electron chi connectivity index (χ4n) is 8.25. The molecule has 5 heteroatoms. The average Bonchev–Trinajstić information content (AvgIpc) is 3.19. The summed E-state index contributed by atoms with van der Waals surface area (Å²) in [5.74, 6) is -0.466. The van der Waals surface area contributed by atoms with E-state index in [1.807, 2.05) is 0 Å². The van der Waals surface area contributed by atoms with Gasteiger partial charge in [-0.1, -0.05) is 277 Å². The number of aliphatic hydroxyl groups is 3. The van der Waals surface area contributed by atoms with Crippen LogP contribution in [-0.4, -0.2) is 46.1 Å². The predicted molar refractivity (Wildman–Crippen MR) is 241 cm³/mol. The zero-order chi connectivity index (χ0) is 40.1. The largest absolute Gasteiger partial charge is 0.394 e. The minimum Gasteiger partial charge on any atom is -0.394 e. The molecule has 0 aromatic heterocycles. The molecule has 0 heterocycles. The van der Waals surface area contributed by atoms with Crippen LogP contribution in [0.1, 0.15) is 290 Å². The normalized spacial score (nSPS) is 13.3. The number of nitrogens with one attached hydrogen (secondary N) is 1. The van der Waals surface area contributed by atoms with E-state index in [9.17, 15) is 20.1 Å². The van der Waals surface area contributed by atoms with Crippen molar-refractivity contribution in [3.8, 4) is 0 Å². The molecule has 0 rings (SSSR count). The standard InChI is InChI=1S/C50H101NO4/c1-3-5-7-9-11-13-15-16-17-18-19-20-21-22-23-24-25-26-27-28-29-30-31-32-33-34-35-37-39-41-43-45-49(54)50(55)51-47(46-52)48(53)44-42-40-38-36-14-12-10-8-6-4-2/h47-49,52-54H,3-46H2,1-2H3,(H,51,55). The molecule has 0 aliphatic carbocycles. The highest BCUT2D eigenvalue weighted by molar-refractivity contribution is 5.80. The second-order valence-corrected chi connectivity index (χ2v) is 17.7. The molecule has 0 spiro atoms. The molecule has 0 saturated carbocycles. The summed E-state index contributed by atoms with van der Waals surface area (Å²) in [6.45, 7) is 4.24. The number of rotatable bonds is 47. The maximum absolute atomic E-state index is 12.5. The van der Waals surface area contributed by atoms with Crippen LogP contribution in [-0.2, 0) is 4.79 Å². The molecule has 0 bridgehead atoms. The quantitative estimate of drug-likeness (QED) is 0.0463. The molecule has 55 heavy (non-hydrogen) atoms. The number of carbonyl (C=O) groups is 1. The molecule has 330 valence electrons. The van der Waals surface area contributed by atoms with Gasteiger partial charge in [0.25, 0.3) is 0 Å². The lowest BCUT2D eigenvalue weighted by Gasteiger charge is -2.23. The van der Waals surface area contributed by atoms with E-state index >= 15 is 0 Å². The Morgan fingerprint density at radius 2 is 0.582 bits per heavy atom. The van der Waals surface area contributed by atoms with Gasteiger partial charge in [-0.2, -0.15) is 0 Å². The van der Waals surface area contributed by atoms with Crippen LogP contribution in [0.2, 0.25) is 0 Å². The highest BCUT2D eigenvalue weighted by Gasteiger charge is 2.23. The first-order valence-electron chi connectivity index (χ1n) is 25.3. The van der Waals surface area contributed by atoms with Crippen LogP contribution in [0.25, 0.3) is 0 Å². The van der Waals surface area contributed by atoms with Crippen molar-refractivity contribution in [1.82, 2.24) is 5.32 Å². The number of aliphatic hydroxyl groups excluding tert-OH is 3. The lowest BCUT2D eigenvalue weighted by molar-refractivity contribution is -0.131. The molecule has 0 saturated heterocycles. The molecule has 0 aliphatic rings. The lowest BCUT2D eigenvalue weighted by Crippen LogP contribution is -2.49. The molecule has 0 aromatic carbocycles. The molecule has 0 aromatic rings. The Kier molecular flexibility index (Phi) is 45.5. The van der Waals surface area contributed by atoms with Gasteiger partial charge in [0.05, 0.1) is 18.8 Å². The number of amides is 1. The van der Waals surface area contributed by atoms with E-state index < -0.39 is 24.2 Å². The van der Waals surface area contributed by atoms with Crippen molar-refractivity contribution in [3.63, 3.8) is 0 Å². The first kappa shape index (κ1) is 54.3. The van der Waals surface area contributed by atoms with Crippen LogP contribution in [0, 0.1) is 0 Å². The molecular weight excluding hydrogens is 679 g/mol. The van der Waals surface area contributed by atoms with Crippen molar-refractivity contribution in [2.24, 2.45) is 0 Å². The van der Waals surface area contributed by atoms with E-state index in [-0.39, 0.29) is 6.61 Å². The Labute approximate surface area is 345 Å². The second-order valence-electron chi connectivity index (χ2n) is 17.7. The summed E-state index contributed by atoms with van der Waals surface area (Å²) in [5, 5.41) is 33.3. The fourth-order valence-corrected chi connectivity index (χ4v) is 8.25. The SMILES string of the molecule is CCCCCCCCCCCCCCCCCCCCCCCCCCCCCCCCCC(O)C(=O)NC(CO)C(O)CCCCCCCCCCCC. The van der Waals surface area contributed by atoms with Gasteiger partial charge in [0.1, 0.15) is 6.10 Å². The van der Waals surface area contributed by atoms with Crippen LogP contribution in [0.4, 0.5) is 0 Å². The number of hydrogen-bond acceptors (Lipinski definition) is 4. The Bertz CT molecular complexity index is 733. The predicted octanol–water partition coefficient (Wildman–Crippen LogP) is 15.0. The van der Waals surface area contributed by atoms with Crippen molar-refractivity contribution in [3.05, 3.63) is 0 Å². The maximum atomic E-state index is 12.5. The third-order valence-electron chi connectivity index (χ3n) is 12.2. The third kappa shape index (κ3) is 41.3. The first-order chi connectivity index (χ1) is 27.1. The van der Waals surface area contributed by atoms with Gasteiger partial charge < -0.3 is 20.6 Å². The Morgan fingerprint density at radius 1 is 0.364 bits per heavy atom. The van der Waals surface area contributed by atoms with Crippen LogP contribution >= 0.6 is 0 Å². The lowest BCUT2D eigenvalue weighted by atomic mass is 10.0. The Balaban J connectivity index is 3.41. The van der Waals surface area contributed by atoms with Crippen LogP contribution < -0.4 is 5.32 Å². The van der Waals surface area contributed by atoms with Gasteiger partial charge >= 0.3 is 0 Å². The fraction of sp³-hybridized carbons (Fsp3) is 0.980. The summed E-state index contributed by atoms with van der Waals surface area (Å²) in [6, 6.07) is -0.705. The third-order valence-corrected chi connectivity index (χ3v) is 12.2. The minimum atomic E-state index is -1.07. The van der Waals surface area contributed by atoms with E-state index in [2.05, 4.69) is 19.2 Å². The highest BCUT2D eigenvalue weighted by Crippen LogP contribution is 2.18. The van der Waals surface area contributed by atoms with E-state index in [1.54, 1.807) is 0 Å². The molecule has 1 amide bonds. The number of hydrogen-bond donors (Lipinski definition) is 4. The topological polar surface area (TPSA) is 89.8 Å². The molecule has 0 aliphatic heterocycles. The van der Waals surface area contributed by atoms with Crippen LogP contribution in [0.5, 0.6) is 0 Å². The van der Waals surface area contributed by atoms with Gasteiger partial charge in [-0.05, 0) is 12.8 Å². The van der Waals surface area contributed by atoms with Crippen LogP contribution in [0.15, 0.2) is 0 Å². The van der Waals surface area contributed by atoms with Gasteiger partial charge in [0.2, 0.25) is 5.91 Å². The first-order valence-corrected chi connectivity index (χ1v) is 25.3. The summed E-state index contributed by atoms with van der Waals surface area (Å²) < 4.78 is 0. The average molecular weight is 780 g/mol. The number of carbonyl (C=O) groups excluding carboxylic acids is 1. The molecule has 3 unspecified atom stereocenters. The van der Waals surface area contributed by atoms with Crippen molar-refractivity contribution < 1.29 is 20.1 Å². The van der Waals surface area contributed by atoms with E-state index in [1.165, 1.54) is 231 Å². The van der Waals surface area contributed by atoms with Gasteiger partial charge in [-0.15, -0.1) is 0 Å². The zero-order valence-corrected chi connectivity index (χ0v) is 37.6. The second kappa shape index (κ2) is 46.0. The molecule has 0 fully saturated rings. The summed E-state index contributed by atoms with van der Waals surface area (Å²) in [6.07, 6.45) is 54.4. The van der Waals surface area contributed by atoms with Crippen molar-refractivity contribution in [2.45, 2.75) is 308 Å². The molecule has 5 nitrogen and oxygen atoms in total. The highest BCUT2D eigenvalue weighted by atomic mass is 16.3. The molecule has 3 atom stereocenters. The number of unbranched alkanes of at least 4 members (excludes halogenated alkanes) is 39. The monoisotopic (exact) mass is 780 g/mol. The minimum absolute atomic E-state index is 0.308. The van der Waals surface area contributed by atoms with E-state index in [0.29, 0.717) is 12.8 Å². The van der Waals surface area contributed by atoms with E-state index in [4.69, 9.17) is 0 Å². The zero-order valence-electron chi connectivity index (χ0n) is 37.6. The van der Waals surface area contributed by atoms with Gasteiger partial charge in [-0.25, -0.2) is 0 Å². The molecule has 4 N–H and O–H groups in total. The van der Waals surface area contributed by atoms with Gasteiger partial charge in [-0.3, -0.25) is 4.79 Å². The van der Waals surface area contributed by atoms with E-state index in [0.717, 1.165) is 32.1 Å². The summed E-state index contributed by atoms with van der Waals surface area (Å²) in [4.78, 5) is 12.5. The maximum Gasteiger partial charge on any atom is 0.249 e. The summed E-state index contributed by atoms with van der Waals surface area (Å²) in [5.41, 5.74) is 0. The van der Waals surface area contributed by atoms with Gasteiger partial charge in [0.15, 0.2) is 0 Å². The van der Waals surface area contributed by atoms with Crippen molar-refractivity contribution in [1.29, 1.82) is 0 Å². The summed E-state index contributed by atoms with van der Waals surface area (Å²) >= 11 is 0. The summed E-state index contributed by atoms with van der Waals surface area (Å²) in [7, 11) is 0. The van der Waals surface area contributed by atoms with Crippen molar-refractivity contribution >= 4 is 5.91 Å². The Hall–Kier alpha value is -0.650. The Morgan fingerprint density at radius 3 is 0.818 bits per heavy atom. The smallest absolute Gasteiger partial charge is 0.249 e. The molecular formula is C50H101NO4. The van der Waals surface area contributed by atoms with Crippen LogP contribution in [0.3, 0.4) is 0 Å². The van der Waals surface area contributed by atoms with Gasteiger partial charge in [0, 0.05) is 0 Å². The van der Waals surface area contributed by atoms with Crippen molar-refractivity contribution in [2.75, 3.05) is 6.61 Å².